The maximum absolute atomic E-state index is 12.9. The van der Waals surface area contributed by atoms with Crippen molar-refractivity contribution in [3.63, 3.8) is 0 Å². The van der Waals surface area contributed by atoms with E-state index in [-0.39, 0.29) is 24.8 Å². The second-order valence-electron chi connectivity index (χ2n) is 7.61. The van der Waals surface area contributed by atoms with Crippen LogP contribution in [0.4, 0.5) is 0 Å². The summed E-state index contributed by atoms with van der Waals surface area (Å²) in [5, 5.41) is 3.28. The number of hydrogen-bond acceptors (Lipinski definition) is 4. The molecule has 2 fully saturated rings. The largest absolute Gasteiger partial charge is 0.352 e. The van der Waals surface area contributed by atoms with E-state index >= 15 is 0 Å². The number of benzene rings is 1. The van der Waals surface area contributed by atoms with Gasteiger partial charge in [-0.2, -0.15) is 17.0 Å². The summed E-state index contributed by atoms with van der Waals surface area (Å²) in [4.78, 5) is 26.2. The number of halogens is 1. The van der Waals surface area contributed by atoms with Gasteiger partial charge in [0.05, 0.1) is 0 Å². The summed E-state index contributed by atoms with van der Waals surface area (Å²) in [5.41, 5.74) is 0.485. The molecular weight excluding hydrogens is 428 g/mol. The second kappa shape index (κ2) is 10.6. The zero-order valence-electron chi connectivity index (χ0n) is 17.1. The molecule has 10 heteroatoms. The van der Waals surface area contributed by atoms with E-state index in [1.807, 2.05) is 0 Å². The van der Waals surface area contributed by atoms with Crippen molar-refractivity contribution in [1.29, 1.82) is 0 Å². The highest BCUT2D eigenvalue weighted by molar-refractivity contribution is 7.86. The van der Waals surface area contributed by atoms with Gasteiger partial charge in [-0.1, -0.05) is 24.4 Å². The molecule has 2 heterocycles. The van der Waals surface area contributed by atoms with Gasteiger partial charge in [-0.3, -0.25) is 9.59 Å². The molecule has 0 atom stereocenters. The third kappa shape index (κ3) is 5.94. The van der Waals surface area contributed by atoms with Crippen molar-refractivity contribution in [2.75, 3.05) is 45.8 Å². The molecule has 1 aromatic carbocycles. The molecule has 1 N–H and O–H groups in total. The predicted molar refractivity (Wildman–Crippen MR) is 116 cm³/mol. The molecule has 1 aromatic rings. The molecule has 0 spiro atoms. The molecule has 2 amide bonds. The standard InChI is InChI=1S/C20H29ClN4O4S/c21-18-7-5-17(6-8-18)20(27)22-10-9-19(26)23-13-15-25(16-14-23)30(28,29)24-11-3-1-2-4-12-24/h5-8H,1-4,9-16H2,(H,22,27). The fourth-order valence-electron chi connectivity index (χ4n) is 3.75. The van der Waals surface area contributed by atoms with Crippen LogP contribution in [0.1, 0.15) is 42.5 Å². The molecule has 0 unspecified atom stereocenters. The highest BCUT2D eigenvalue weighted by Gasteiger charge is 2.33. The van der Waals surface area contributed by atoms with Gasteiger partial charge in [-0.05, 0) is 37.1 Å². The van der Waals surface area contributed by atoms with E-state index < -0.39 is 10.2 Å². The lowest BCUT2D eigenvalue weighted by molar-refractivity contribution is -0.132. The monoisotopic (exact) mass is 456 g/mol. The van der Waals surface area contributed by atoms with Gasteiger partial charge in [-0.15, -0.1) is 0 Å². The molecule has 166 valence electrons. The van der Waals surface area contributed by atoms with E-state index in [9.17, 15) is 18.0 Å². The van der Waals surface area contributed by atoms with E-state index in [1.54, 1.807) is 33.5 Å². The molecule has 0 radical (unpaired) electrons. The average molecular weight is 457 g/mol. The molecule has 0 aromatic heterocycles. The van der Waals surface area contributed by atoms with Gasteiger partial charge < -0.3 is 10.2 Å². The van der Waals surface area contributed by atoms with Crippen molar-refractivity contribution < 1.29 is 18.0 Å². The number of carbonyl (C=O) groups is 2. The number of nitrogens with zero attached hydrogens (tertiary/aromatic N) is 3. The average Bonchev–Trinajstić information content (AvgIpc) is 3.04. The van der Waals surface area contributed by atoms with Crippen LogP contribution in [0.15, 0.2) is 24.3 Å². The molecule has 2 aliphatic heterocycles. The Kier molecular flexibility index (Phi) is 8.10. The molecule has 0 bridgehead atoms. The summed E-state index contributed by atoms with van der Waals surface area (Å²) in [6, 6.07) is 6.54. The van der Waals surface area contributed by atoms with E-state index in [4.69, 9.17) is 11.6 Å². The molecular formula is C20H29ClN4O4S. The van der Waals surface area contributed by atoms with Crippen molar-refractivity contribution in [3.8, 4) is 0 Å². The van der Waals surface area contributed by atoms with Crippen molar-refractivity contribution in [1.82, 2.24) is 18.8 Å². The highest BCUT2D eigenvalue weighted by Crippen LogP contribution is 2.18. The Labute approximate surface area is 183 Å². The van der Waals surface area contributed by atoms with Crippen LogP contribution in [0.25, 0.3) is 0 Å². The zero-order valence-corrected chi connectivity index (χ0v) is 18.6. The number of amides is 2. The zero-order chi connectivity index (χ0) is 21.6. The molecule has 2 aliphatic rings. The lowest BCUT2D eigenvalue weighted by atomic mass is 10.2. The lowest BCUT2D eigenvalue weighted by Crippen LogP contribution is -2.54. The topological polar surface area (TPSA) is 90.0 Å². The Morgan fingerprint density at radius 3 is 2.03 bits per heavy atom. The van der Waals surface area contributed by atoms with E-state index in [1.165, 1.54) is 4.31 Å². The summed E-state index contributed by atoms with van der Waals surface area (Å²) in [5.74, 6) is -0.342. The fourth-order valence-corrected chi connectivity index (χ4v) is 5.55. The minimum absolute atomic E-state index is 0.0850. The first-order chi connectivity index (χ1) is 14.4. The van der Waals surface area contributed by atoms with Gasteiger partial charge in [0, 0.05) is 62.8 Å². The number of nitrogens with one attached hydrogen (secondary N) is 1. The van der Waals surface area contributed by atoms with Crippen molar-refractivity contribution in [2.45, 2.75) is 32.1 Å². The van der Waals surface area contributed by atoms with E-state index in [0.29, 0.717) is 49.9 Å². The summed E-state index contributed by atoms with van der Waals surface area (Å²) in [6.07, 6.45) is 4.13. The molecule has 2 saturated heterocycles. The minimum atomic E-state index is -3.46. The minimum Gasteiger partial charge on any atom is -0.352 e. The van der Waals surface area contributed by atoms with Gasteiger partial charge >= 0.3 is 0 Å². The van der Waals surface area contributed by atoms with Crippen LogP contribution in [0.3, 0.4) is 0 Å². The Bertz CT molecular complexity index is 831. The lowest BCUT2D eigenvalue weighted by Gasteiger charge is -2.36. The molecule has 0 saturated carbocycles. The molecule has 3 rings (SSSR count). The van der Waals surface area contributed by atoms with Crippen LogP contribution in [0.5, 0.6) is 0 Å². The third-order valence-corrected chi connectivity index (χ3v) is 7.83. The van der Waals surface area contributed by atoms with Crippen LogP contribution in [0.2, 0.25) is 5.02 Å². The smallest absolute Gasteiger partial charge is 0.282 e. The summed E-state index contributed by atoms with van der Waals surface area (Å²) in [7, 11) is -3.46. The van der Waals surface area contributed by atoms with Crippen molar-refractivity contribution in [2.24, 2.45) is 0 Å². The van der Waals surface area contributed by atoms with Gasteiger partial charge in [-0.25, -0.2) is 0 Å². The van der Waals surface area contributed by atoms with Crippen molar-refractivity contribution in [3.05, 3.63) is 34.9 Å². The van der Waals surface area contributed by atoms with Gasteiger partial charge in [0.15, 0.2) is 0 Å². The van der Waals surface area contributed by atoms with Crippen LogP contribution in [-0.2, 0) is 15.0 Å². The number of piperazine rings is 1. The Balaban J connectivity index is 1.42. The molecule has 30 heavy (non-hydrogen) atoms. The van der Waals surface area contributed by atoms with Crippen molar-refractivity contribution >= 4 is 33.6 Å². The maximum atomic E-state index is 12.9. The Morgan fingerprint density at radius 1 is 0.867 bits per heavy atom. The van der Waals surface area contributed by atoms with E-state index in [2.05, 4.69) is 5.32 Å². The summed E-state index contributed by atoms with van der Waals surface area (Å²) in [6.45, 7) is 2.74. The number of hydrogen-bond donors (Lipinski definition) is 1. The quantitative estimate of drug-likeness (QED) is 0.705. The number of carbonyl (C=O) groups excluding carboxylic acids is 2. The predicted octanol–water partition coefficient (Wildman–Crippen LogP) is 1.72. The first kappa shape index (κ1) is 23.0. The van der Waals surface area contributed by atoms with Crippen LogP contribution >= 0.6 is 11.6 Å². The molecule has 0 aliphatic carbocycles. The summed E-state index contributed by atoms with van der Waals surface area (Å²) >= 11 is 5.81. The van der Waals surface area contributed by atoms with Gasteiger partial charge in [0.25, 0.3) is 16.1 Å². The number of rotatable bonds is 6. The Hall–Kier alpha value is -1.68. The second-order valence-corrected chi connectivity index (χ2v) is 9.98. The first-order valence-electron chi connectivity index (χ1n) is 10.4. The maximum Gasteiger partial charge on any atom is 0.282 e. The van der Waals surface area contributed by atoms with Gasteiger partial charge in [0.2, 0.25) is 5.91 Å². The normalized spacial score (nSPS) is 19.3. The van der Waals surface area contributed by atoms with Crippen LogP contribution in [0, 0.1) is 0 Å². The highest BCUT2D eigenvalue weighted by atomic mass is 35.5. The van der Waals surface area contributed by atoms with Gasteiger partial charge in [0.1, 0.15) is 0 Å². The van der Waals surface area contributed by atoms with Crippen LogP contribution in [-0.4, -0.2) is 79.6 Å². The SMILES string of the molecule is O=C(NCCC(=O)N1CCN(S(=O)(=O)N2CCCCCC2)CC1)c1ccc(Cl)cc1. The third-order valence-electron chi connectivity index (χ3n) is 5.54. The van der Waals surface area contributed by atoms with E-state index in [0.717, 1.165) is 25.7 Å². The summed E-state index contributed by atoms with van der Waals surface area (Å²) < 4.78 is 28.8. The Morgan fingerprint density at radius 2 is 1.43 bits per heavy atom. The van der Waals surface area contributed by atoms with Crippen LogP contribution < -0.4 is 5.32 Å². The molecule has 8 nitrogen and oxygen atoms in total. The first-order valence-corrected chi connectivity index (χ1v) is 12.2. The fraction of sp³-hybridized carbons (Fsp3) is 0.600.